The van der Waals surface area contributed by atoms with E-state index in [1.165, 1.54) is 45.4 Å². The molecule has 3 aliphatic rings. The Morgan fingerprint density at radius 1 is 1.09 bits per heavy atom. The molecule has 1 aliphatic carbocycles. The number of rotatable bonds is 4. The average Bonchev–Trinajstić information content (AvgIpc) is 2.84. The minimum Gasteiger partial charge on any atom is -0.344 e. The Kier molecular flexibility index (Phi) is 4.09. The summed E-state index contributed by atoms with van der Waals surface area (Å²) >= 11 is 1.60. The molecule has 6 heteroatoms. The maximum atomic E-state index is 4.78. The summed E-state index contributed by atoms with van der Waals surface area (Å²) in [6.07, 6.45) is 3.94. The Morgan fingerprint density at radius 2 is 1.82 bits per heavy atom. The van der Waals surface area contributed by atoms with Crippen molar-refractivity contribution in [1.82, 2.24) is 19.2 Å². The molecule has 1 aromatic rings. The van der Waals surface area contributed by atoms with Gasteiger partial charge >= 0.3 is 0 Å². The zero-order valence-corrected chi connectivity index (χ0v) is 14.6. The summed E-state index contributed by atoms with van der Waals surface area (Å²) in [7, 11) is 0. The first-order valence-electron chi connectivity index (χ1n) is 8.77. The highest BCUT2D eigenvalue weighted by Crippen LogP contribution is 2.37. The van der Waals surface area contributed by atoms with Crippen LogP contribution in [-0.2, 0) is 0 Å². The molecule has 0 bridgehead atoms. The zero-order valence-electron chi connectivity index (χ0n) is 13.7. The normalized spacial score (nSPS) is 25.5. The van der Waals surface area contributed by atoms with Crippen molar-refractivity contribution < 1.29 is 0 Å². The molecule has 0 spiro atoms. The summed E-state index contributed by atoms with van der Waals surface area (Å²) in [5.74, 6) is 1.77. The van der Waals surface area contributed by atoms with Gasteiger partial charge in [-0.1, -0.05) is 6.42 Å². The van der Waals surface area contributed by atoms with Crippen LogP contribution < -0.4 is 4.90 Å². The molecule has 4 rings (SSSR count). The van der Waals surface area contributed by atoms with Gasteiger partial charge in [-0.25, -0.2) is 4.98 Å². The van der Waals surface area contributed by atoms with E-state index < -0.39 is 0 Å². The van der Waals surface area contributed by atoms with Crippen LogP contribution >= 0.6 is 11.5 Å². The van der Waals surface area contributed by atoms with Gasteiger partial charge in [0.2, 0.25) is 5.13 Å². The van der Waals surface area contributed by atoms with Gasteiger partial charge in [-0.3, -0.25) is 9.80 Å². The molecule has 0 unspecified atom stereocenters. The van der Waals surface area contributed by atoms with Gasteiger partial charge in [0.05, 0.1) is 0 Å². The Hall–Kier alpha value is -0.720. The molecule has 2 aliphatic heterocycles. The highest BCUT2D eigenvalue weighted by Gasteiger charge is 2.36. The predicted octanol–water partition coefficient (Wildman–Crippen LogP) is 2.02. The van der Waals surface area contributed by atoms with Gasteiger partial charge in [-0.15, -0.1) is 0 Å². The summed E-state index contributed by atoms with van der Waals surface area (Å²) in [5, 5.41) is 1.15. The summed E-state index contributed by atoms with van der Waals surface area (Å²) < 4.78 is 4.58. The van der Waals surface area contributed by atoms with Crippen LogP contribution in [0.5, 0.6) is 0 Å². The third-order valence-corrected chi connectivity index (χ3v) is 6.42. The Labute approximate surface area is 137 Å². The van der Waals surface area contributed by atoms with E-state index in [9.17, 15) is 0 Å². The quantitative estimate of drug-likeness (QED) is 0.848. The van der Waals surface area contributed by atoms with Crippen molar-refractivity contribution >= 4 is 16.7 Å². The van der Waals surface area contributed by atoms with Crippen molar-refractivity contribution in [2.24, 2.45) is 0 Å². The van der Waals surface area contributed by atoms with Gasteiger partial charge in [-0.05, 0) is 26.7 Å². The summed E-state index contributed by atoms with van der Waals surface area (Å²) in [4.78, 5) is 12.4. The van der Waals surface area contributed by atoms with Gasteiger partial charge in [0.15, 0.2) is 0 Å². The third kappa shape index (κ3) is 2.76. The SMILES string of the molecule is CC(C)N1CCN(C2CN(c3nc(C4CCC4)ns3)C2)CC1. The number of piperazine rings is 1. The number of hydrogen-bond donors (Lipinski definition) is 0. The van der Waals surface area contributed by atoms with Crippen molar-refractivity contribution in [3.63, 3.8) is 0 Å². The number of hydrogen-bond acceptors (Lipinski definition) is 6. The van der Waals surface area contributed by atoms with Gasteiger partial charge in [0.25, 0.3) is 0 Å². The van der Waals surface area contributed by atoms with Crippen LogP contribution in [-0.4, -0.2) is 70.5 Å². The topological polar surface area (TPSA) is 35.5 Å². The molecule has 1 aromatic heterocycles. The lowest BCUT2D eigenvalue weighted by Crippen LogP contribution is -2.63. The summed E-state index contributed by atoms with van der Waals surface area (Å²) in [6.45, 7) is 11.8. The smallest absolute Gasteiger partial charge is 0.205 e. The standard InChI is InChI=1S/C16H27N5S/c1-12(2)19-6-8-20(9-7-19)14-10-21(11-14)16-17-15(18-22-16)13-4-3-5-13/h12-14H,3-11H2,1-2H3. The van der Waals surface area contributed by atoms with Crippen molar-refractivity contribution in [2.75, 3.05) is 44.2 Å². The fraction of sp³-hybridized carbons (Fsp3) is 0.875. The molecule has 0 atom stereocenters. The van der Waals surface area contributed by atoms with Gasteiger partial charge in [0.1, 0.15) is 5.82 Å². The molecule has 122 valence electrons. The van der Waals surface area contributed by atoms with Crippen molar-refractivity contribution in [3.8, 4) is 0 Å². The highest BCUT2D eigenvalue weighted by molar-refractivity contribution is 7.09. The lowest BCUT2D eigenvalue weighted by molar-refractivity contribution is 0.0678. The number of anilines is 1. The molecule has 3 fully saturated rings. The molecule has 22 heavy (non-hydrogen) atoms. The zero-order chi connectivity index (χ0) is 15.1. The van der Waals surface area contributed by atoms with E-state index in [1.807, 2.05) is 0 Å². The minimum atomic E-state index is 0.659. The van der Waals surface area contributed by atoms with Crippen LogP contribution in [0.15, 0.2) is 0 Å². The monoisotopic (exact) mass is 321 g/mol. The molecule has 5 nitrogen and oxygen atoms in total. The first-order chi connectivity index (χ1) is 10.7. The lowest BCUT2D eigenvalue weighted by Gasteiger charge is -2.48. The van der Waals surface area contributed by atoms with E-state index in [4.69, 9.17) is 4.98 Å². The molecule has 0 aromatic carbocycles. The minimum absolute atomic E-state index is 0.659. The Balaban J connectivity index is 1.26. The van der Waals surface area contributed by atoms with Gasteiger partial charge < -0.3 is 4.90 Å². The molecular formula is C16H27N5S. The van der Waals surface area contributed by atoms with Crippen LogP contribution in [0.25, 0.3) is 0 Å². The lowest BCUT2D eigenvalue weighted by atomic mass is 9.85. The molecule has 0 N–H and O–H groups in total. The van der Waals surface area contributed by atoms with Crippen molar-refractivity contribution in [2.45, 2.75) is 51.1 Å². The van der Waals surface area contributed by atoms with Crippen LogP contribution in [0.1, 0.15) is 44.9 Å². The van der Waals surface area contributed by atoms with E-state index in [2.05, 4.69) is 32.9 Å². The maximum absolute atomic E-state index is 4.78. The number of aromatic nitrogens is 2. The van der Waals surface area contributed by atoms with E-state index in [0.717, 1.165) is 30.1 Å². The summed E-state index contributed by atoms with van der Waals surface area (Å²) in [6, 6.07) is 1.41. The van der Waals surface area contributed by atoms with E-state index in [1.54, 1.807) is 11.5 Å². The van der Waals surface area contributed by atoms with E-state index in [-0.39, 0.29) is 0 Å². The van der Waals surface area contributed by atoms with Crippen LogP contribution in [0.4, 0.5) is 5.13 Å². The first kappa shape index (κ1) is 14.8. The van der Waals surface area contributed by atoms with Gasteiger partial charge in [0, 0.05) is 68.8 Å². The Bertz CT molecular complexity index is 498. The molecule has 1 saturated carbocycles. The van der Waals surface area contributed by atoms with Crippen molar-refractivity contribution in [1.29, 1.82) is 0 Å². The van der Waals surface area contributed by atoms with E-state index in [0.29, 0.717) is 12.0 Å². The summed E-state index contributed by atoms with van der Waals surface area (Å²) in [5.41, 5.74) is 0. The Morgan fingerprint density at radius 3 is 2.41 bits per heavy atom. The fourth-order valence-corrected chi connectivity index (χ4v) is 4.41. The molecule has 3 heterocycles. The average molecular weight is 321 g/mol. The second-order valence-electron chi connectivity index (χ2n) is 7.29. The molecular weight excluding hydrogens is 294 g/mol. The number of nitrogens with zero attached hydrogens (tertiary/aromatic N) is 5. The van der Waals surface area contributed by atoms with Crippen molar-refractivity contribution in [3.05, 3.63) is 5.82 Å². The fourth-order valence-electron chi connectivity index (χ4n) is 3.65. The predicted molar refractivity (Wildman–Crippen MR) is 90.8 cm³/mol. The highest BCUT2D eigenvalue weighted by atomic mass is 32.1. The molecule has 0 radical (unpaired) electrons. The van der Waals surface area contributed by atoms with Gasteiger partial charge in [-0.2, -0.15) is 4.37 Å². The second kappa shape index (κ2) is 6.06. The first-order valence-corrected chi connectivity index (χ1v) is 9.54. The third-order valence-electron chi connectivity index (χ3n) is 5.63. The van der Waals surface area contributed by atoms with Crippen LogP contribution in [0.3, 0.4) is 0 Å². The molecule has 0 amide bonds. The largest absolute Gasteiger partial charge is 0.344 e. The molecule has 2 saturated heterocycles. The van der Waals surface area contributed by atoms with Crippen LogP contribution in [0, 0.1) is 0 Å². The van der Waals surface area contributed by atoms with E-state index >= 15 is 0 Å². The second-order valence-corrected chi connectivity index (χ2v) is 8.02. The van der Waals surface area contributed by atoms with Crippen LogP contribution in [0.2, 0.25) is 0 Å². The maximum Gasteiger partial charge on any atom is 0.205 e.